The van der Waals surface area contributed by atoms with Crippen LogP contribution >= 0.6 is 0 Å². The zero-order valence-corrected chi connectivity index (χ0v) is 19.9. The maximum absolute atomic E-state index is 5.94. The van der Waals surface area contributed by atoms with Crippen molar-refractivity contribution in [3.63, 3.8) is 0 Å². The van der Waals surface area contributed by atoms with Gasteiger partial charge in [-0.2, -0.15) is 0 Å². The number of hydrogen-bond donors (Lipinski definition) is 1. The van der Waals surface area contributed by atoms with Crippen LogP contribution in [-0.2, 0) is 4.84 Å². The van der Waals surface area contributed by atoms with Crippen molar-refractivity contribution in [1.29, 1.82) is 0 Å². The quantitative estimate of drug-likeness (QED) is 0.586. The number of rotatable bonds is 6. The third-order valence-corrected chi connectivity index (χ3v) is 6.50. The molecule has 2 saturated heterocycles. The number of hydrogen-bond acceptors (Lipinski definition) is 8. The minimum Gasteiger partial charge on any atom is -0.494 e. The van der Waals surface area contributed by atoms with Crippen molar-refractivity contribution in [1.82, 2.24) is 14.9 Å². The maximum atomic E-state index is 5.94. The predicted octanol–water partition coefficient (Wildman–Crippen LogP) is 4.25. The van der Waals surface area contributed by atoms with Crippen LogP contribution in [0.25, 0.3) is 0 Å². The summed E-state index contributed by atoms with van der Waals surface area (Å²) in [6.45, 7) is 4.92. The van der Waals surface area contributed by atoms with E-state index in [4.69, 9.17) is 9.57 Å². The van der Waals surface area contributed by atoms with E-state index in [-0.39, 0.29) is 6.04 Å². The largest absolute Gasteiger partial charge is 0.494 e. The molecule has 0 aliphatic carbocycles. The van der Waals surface area contributed by atoms with Gasteiger partial charge in [-0.3, -0.25) is 4.84 Å². The number of likely N-dealkylation sites (N-methyl/N-ethyl adjacent to an activating group) is 1. The van der Waals surface area contributed by atoms with Gasteiger partial charge in [-0.05, 0) is 37.7 Å². The molecule has 0 unspecified atom stereocenters. The first-order chi connectivity index (χ1) is 16.7. The van der Waals surface area contributed by atoms with E-state index in [9.17, 15) is 0 Å². The van der Waals surface area contributed by atoms with E-state index in [1.807, 2.05) is 17.2 Å². The van der Waals surface area contributed by atoms with Crippen molar-refractivity contribution < 1.29 is 9.57 Å². The third kappa shape index (κ3) is 4.93. The zero-order valence-electron chi connectivity index (χ0n) is 19.9. The average molecular weight is 461 g/mol. The van der Waals surface area contributed by atoms with Crippen molar-refractivity contribution in [2.24, 2.45) is 0 Å². The second-order valence-corrected chi connectivity index (χ2v) is 8.79. The Kier molecular flexibility index (Phi) is 6.78. The molecule has 1 aromatic heterocycles. The molecule has 178 valence electrons. The minimum atomic E-state index is 0.130. The normalized spacial score (nSPS) is 19.2. The Hall–Kier alpha value is -3.36. The van der Waals surface area contributed by atoms with Gasteiger partial charge >= 0.3 is 0 Å². The maximum Gasteiger partial charge on any atom is 0.158 e. The number of benzene rings is 2. The number of nitrogens with zero attached hydrogens (tertiary/aromatic N) is 5. The highest BCUT2D eigenvalue weighted by molar-refractivity contribution is 5.70. The standard InChI is InChI=1S/C26H32N6O2/c1-30-12-6-13-31(15-14-30)21-9-10-22(24(17-21)33-2)29-25-18-26(28-19-27-25)32-23(11-16-34-32)20-7-4-3-5-8-20/h3-5,7-10,17-19,23H,6,11-16H2,1-2H3,(H,27,28,29)/t23-/m1/s1. The second kappa shape index (κ2) is 10.3. The molecule has 34 heavy (non-hydrogen) atoms. The molecular weight excluding hydrogens is 428 g/mol. The molecule has 0 bridgehead atoms. The first-order valence-electron chi connectivity index (χ1n) is 11.9. The van der Waals surface area contributed by atoms with Gasteiger partial charge in [0.05, 0.1) is 25.4 Å². The van der Waals surface area contributed by atoms with Gasteiger partial charge in [0.1, 0.15) is 17.9 Å². The number of aromatic nitrogens is 2. The van der Waals surface area contributed by atoms with Gasteiger partial charge in [0.15, 0.2) is 5.82 Å². The molecule has 2 aliphatic rings. The molecule has 2 aliphatic heterocycles. The molecule has 2 fully saturated rings. The van der Waals surface area contributed by atoms with Crippen molar-refractivity contribution in [2.75, 3.05) is 62.2 Å². The lowest BCUT2D eigenvalue weighted by molar-refractivity contribution is 0.157. The van der Waals surface area contributed by atoms with Gasteiger partial charge in [0.25, 0.3) is 0 Å². The summed E-state index contributed by atoms with van der Waals surface area (Å²) in [4.78, 5) is 19.7. The Morgan fingerprint density at radius 1 is 1.00 bits per heavy atom. The van der Waals surface area contributed by atoms with Crippen LogP contribution in [0.15, 0.2) is 60.9 Å². The van der Waals surface area contributed by atoms with Crippen molar-refractivity contribution in [3.05, 3.63) is 66.5 Å². The molecule has 1 N–H and O–H groups in total. The second-order valence-electron chi connectivity index (χ2n) is 8.79. The van der Waals surface area contributed by atoms with Gasteiger partial charge < -0.3 is 19.9 Å². The van der Waals surface area contributed by atoms with Gasteiger partial charge in [-0.15, -0.1) is 0 Å². The molecule has 1 atom stereocenters. The molecule has 0 saturated carbocycles. The van der Waals surface area contributed by atoms with E-state index in [0.29, 0.717) is 12.4 Å². The Labute approximate surface area is 201 Å². The van der Waals surface area contributed by atoms with Crippen molar-refractivity contribution in [2.45, 2.75) is 18.9 Å². The van der Waals surface area contributed by atoms with E-state index >= 15 is 0 Å². The molecule has 0 spiro atoms. The lowest BCUT2D eigenvalue weighted by atomic mass is 10.0. The summed E-state index contributed by atoms with van der Waals surface area (Å²) in [5.41, 5.74) is 3.26. The molecular formula is C26H32N6O2. The van der Waals surface area contributed by atoms with Crippen LogP contribution in [0.1, 0.15) is 24.4 Å². The monoisotopic (exact) mass is 460 g/mol. The van der Waals surface area contributed by atoms with Gasteiger partial charge in [-0.1, -0.05) is 30.3 Å². The topological polar surface area (TPSA) is 66.0 Å². The first kappa shape index (κ1) is 22.4. The molecule has 8 nitrogen and oxygen atoms in total. The average Bonchev–Trinajstić information content (AvgIpc) is 3.27. The molecule has 2 aromatic carbocycles. The Morgan fingerprint density at radius 2 is 1.88 bits per heavy atom. The Balaban J connectivity index is 1.34. The highest BCUT2D eigenvalue weighted by atomic mass is 16.7. The van der Waals surface area contributed by atoms with Gasteiger partial charge in [-0.25, -0.2) is 15.0 Å². The summed E-state index contributed by atoms with van der Waals surface area (Å²) in [5.74, 6) is 2.21. The van der Waals surface area contributed by atoms with E-state index in [0.717, 1.165) is 56.3 Å². The van der Waals surface area contributed by atoms with E-state index in [1.165, 1.54) is 11.3 Å². The molecule has 0 radical (unpaired) electrons. The SMILES string of the molecule is COc1cc(N2CCCN(C)CC2)ccc1Nc1cc(N2OCC[C@@H]2c2ccccc2)ncn1. The number of nitrogens with one attached hydrogen (secondary N) is 1. The Bertz CT molecular complexity index is 1100. The highest BCUT2D eigenvalue weighted by Gasteiger charge is 2.29. The van der Waals surface area contributed by atoms with Crippen LogP contribution < -0.4 is 20.0 Å². The summed E-state index contributed by atoms with van der Waals surface area (Å²) in [7, 11) is 3.89. The molecule has 0 amide bonds. The predicted molar refractivity (Wildman–Crippen MR) is 135 cm³/mol. The molecule has 3 aromatic rings. The number of hydroxylamine groups is 1. The van der Waals surface area contributed by atoms with Crippen molar-refractivity contribution >= 4 is 23.0 Å². The molecule has 3 heterocycles. The fraction of sp³-hybridized carbons (Fsp3) is 0.385. The van der Waals surface area contributed by atoms with E-state index in [2.05, 4.69) is 74.6 Å². The summed E-state index contributed by atoms with van der Waals surface area (Å²) >= 11 is 0. The lowest BCUT2D eigenvalue weighted by Gasteiger charge is -2.25. The fourth-order valence-electron chi connectivity index (χ4n) is 4.63. The van der Waals surface area contributed by atoms with Gasteiger partial charge in [0.2, 0.25) is 0 Å². The van der Waals surface area contributed by atoms with E-state index in [1.54, 1.807) is 13.4 Å². The van der Waals surface area contributed by atoms with Crippen LogP contribution in [0.5, 0.6) is 5.75 Å². The van der Waals surface area contributed by atoms with Crippen LogP contribution in [0.3, 0.4) is 0 Å². The third-order valence-electron chi connectivity index (χ3n) is 6.50. The Morgan fingerprint density at radius 3 is 2.74 bits per heavy atom. The van der Waals surface area contributed by atoms with E-state index < -0.39 is 0 Å². The summed E-state index contributed by atoms with van der Waals surface area (Å²) < 4.78 is 5.73. The highest BCUT2D eigenvalue weighted by Crippen LogP contribution is 2.36. The fourth-order valence-corrected chi connectivity index (χ4v) is 4.63. The van der Waals surface area contributed by atoms with Crippen LogP contribution in [0, 0.1) is 0 Å². The number of methoxy groups -OCH3 is 1. The number of anilines is 4. The van der Waals surface area contributed by atoms with Crippen LogP contribution in [0.2, 0.25) is 0 Å². The van der Waals surface area contributed by atoms with Crippen LogP contribution in [0.4, 0.5) is 23.0 Å². The number of ether oxygens (including phenoxy) is 1. The van der Waals surface area contributed by atoms with Crippen LogP contribution in [-0.4, -0.2) is 61.8 Å². The summed E-state index contributed by atoms with van der Waals surface area (Å²) in [6, 6.07) is 18.7. The van der Waals surface area contributed by atoms with Crippen molar-refractivity contribution in [3.8, 4) is 5.75 Å². The first-order valence-corrected chi connectivity index (χ1v) is 11.9. The van der Waals surface area contributed by atoms with Gasteiger partial charge in [0, 0.05) is 43.9 Å². The summed E-state index contributed by atoms with van der Waals surface area (Å²) in [5, 5.41) is 5.29. The molecule has 8 heteroatoms. The lowest BCUT2D eigenvalue weighted by Crippen LogP contribution is -2.28. The minimum absolute atomic E-state index is 0.130. The smallest absolute Gasteiger partial charge is 0.158 e. The molecule has 5 rings (SSSR count). The zero-order chi connectivity index (χ0) is 23.3. The summed E-state index contributed by atoms with van der Waals surface area (Å²) in [6.07, 6.45) is 3.64.